The Hall–Kier alpha value is -3.93. The van der Waals surface area contributed by atoms with Gasteiger partial charge in [-0.2, -0.15) is 0 Å². The minimum Gasteiger partial charge on any atom is -0.484 e. The average Bonchev–Trinajstić information content (AvgIpc) is 3.24. The van der Waals surface area contributed by atoms with Gasteiger partial charge >= 0.3 is 0 Å². The molecule has 0 atom stereocenters. The molecule has 1 heterocycles. The molecule has 31 heavy (non-hydrogen) atoms. The lowest BCUT2D eigenvalue weighted by Gasteiger charge is -2.08. The molecule has 156 valence electrons. The number of nitrogens with zero attached hydrogens (tertiary/aromatic N) is 1. The van der Waals surface area contributed by atoms with Gasteiger partial charge in [0.15, 0.2) is 6.61 Å². The molecule has 3 aromatic carbocycles. The molecule has 1 aromatic heterocycles. The zero-order valence-electron chi connectivity index (χ0n) is 17.2. The molecule has 0 aliphatic heterocycles. The second kappa shape index (κ2) is 8.83. The van der Waals surface area contributed by atoms with Gasteiger partial charge in [0.05, 0.1) is 0 Å². The van der Waals surface area contributed by atoms with Crippen LogP contribution in [0.3, 0.4) is 0 Å². The molecule has 5 nitrogen and oxygen atoms in total. The SMILES string of the molecule is Cc1ccc(-c2coc(-c3ccc(NC(=O)COc4ccc(F)cc4)cc3)n2)c(C)c1. The van der Waals surface area contributed by atoms with E-state index in [4.69, 9.17) is 9.15 Å². The van der Waals surface area contributed by atoms with E-state index in [9.17, 15) is 9.18 Å². The summed E-state index contributed by atoms with van der Waals surface area (Å²) in [5.41, 5.74) is 5.58. The second-order valence-electron chi connectivity index (χ2n) is 7.22. The van der Waals surface area contributed by atoms with Gasteiger partial charge < -0.3 is 14.5 Å². The minimum atomic E-state index is -0.357. The van der Waals surface area contributed by atoms with Crippen LogP contribution in [-0.4, -0.2) is 17.5 Å². The van der Waals surface area contributed by atoms with E-state index in [1.165, 1.54) is 29.8 Å². The first kappa shape index (κ1) is 20.3. The van der Waals surface area contributed by atoms with Crippen LogP contribution in [0.5, 0.6) is 5.75 Å². The molecule has 1 N–H and O–H groups in total. The molecule has 0 unspecified atom stereocenters. The maximum Gasteiger partial charge on any atom is 0.262 e. The monoisotopic (exact) mass is 416 g/mol. The van der Waals surface area contributed by atoms with E-state index in [0.29, 0.717) is 17.3 Å². The predicted octanol–water partition coefficient (Wildman–Crippen LogP) is 5.78. The third-order valence-electron chi connectivity index (χ3n) is 4.76. The van der Waals surface area contributed by atoms with Crippen LogP contribution in [0.15, 0.2) is 77.4 Å². The standard InChI is InChI=1S/C25H21FN2O3/c1-16-3-12-22(17(2)13-16)23-14-31-25(28-23)18-4-8-20(9-5-18)27-24(29)15-30-21-10-6-19(26)7-11-21/h3-14H,15H2,1-2H3,(H,27,29). The van der Waals surface area contributed by atoms with E-state index in [2.05, 4.69) is 23.3 Å². The summed E-state index contributed by atoms with van der Waals surface area (Å²) in [7, 11) is 0. The number of carbonyl (C=O) groups is 1. The number of rotatable bonds is 6. The largest absolute Gasteiger partial charge is 0.484 e. The average molecular weight is 416 g/mol. The van der Waals surface area contributed by atoms with Gasteiger partial charge in [0, 0.05) is 16.8 Å². The predicted molar refractivity (Wildman–Crippen MR) is 117 cm³/mol. The summed E-state index contributed by atoms with van der Waals surface area (Å²) in [5.74, 6) is 0.261. The number of nitrogens with one attached hydrogen (secondary N) is 1. The smallest absolute Gasteiger partial charge is 0.262 e. The molecule has 0 radical (unpaired) electrons. The first-order chi connectivity index (χ1) is 15.0. The zero-order chi connectivity index (χ0) is 21.8. The van der Waals surface area contributed by atoms with Crippen molar-refractivity contribution < 1.29 is 18.3 Å². The first-order valence-electron chi connectivity index (χ1n) is 9.80. The maximum atomic E-state index is 12.9. The minimum absolute atomic E-state index is 0.174. The van der Waals surface area contributed by atoms with Crippen molar-refractivity contribution in [1.29, 1.82) is 0 Å². The van der Waals surface area contributed by atoms with Crippen LogP contribution in [0.1, 0.15) is 11.1 Å². The fourth-order valence-electron chi connectivity index (χ4n) is 3.20. The Kier molecular flexibility index (Phi) is 5.80. The summed E-state index contributed by atoms with van der Waals surface area (Å²) in [4.78, 5) is 16.7. The molecule has 4 rings (SSSR count). The number of oxazole rings is 1. The van der Waals surface area contributed by atoms with Crippen molar-refractivity contribution in [2.45, 2.75) is 13.8 Å². The van der Waals surface area contributed by atoms with Crippen molar-refractivity contribution in [3.05, 3.63) is 89.9 Å². The Morgan fingerprint density at radius 2 is 1.77 bits per heavy atom. The van der Waals surface area contributed by atoms with Gasteiger partial charge in [-0.3, -0.25) is 4.79 Å². The van der Waals surface area contributed by atoms with Gasteiger partial charge in [0.2, 0.25) is 5.89 Å². The number of hydrogen-bond acceptors (Lipinski definition) is 4. The van der Waals surface area contributed by atoms with E-state index >= 15 is 0 Å². The highest BCUT2D eigenvalue weighted by atomic mass is 19.1. The van der Waals surface area contributed by atoms with Crippen molar-refractivity contribution in [3.63, 3.8) is 0 Å². The molecule has 4 aromatic rings. The van der Waals surface area contributed by atoms with Gasteiger partial charge in [-0.1, -0.05) is 23.8 Å². The first-order valence-corrected chi connectivity index (χ1v) is 9.80. The van der Waals surface area contributed by atoms with E-state index < -0.39 is 0 Å². The van der Waals surface area contributed by atoms with Gasteiger partial charge in [-0.05, 0) is 67.9 Å². The summed E-state index contributed by atoms with van der Waals surface area (Å²) in [5, 5.41) is 2.76. The number of hydrogen-bond donors (Lipinski definition) is 1. The number of benzene rings is 3. The van der Waals surface area contributed by atoms with Crippen LogP contribution in [0.25, 0.3) is 22.7 Å². The van der Waals surface area contributed by atoms with Crippen LogP contribution in [0.4, 0.5) is 10.1 Å². The Labute approximate surface area is 179 Å². The number of amides is 1. The Morgan fingerprint density at radius 3 is 2.48 bits per heavy atom. The van der Waals surface area contributed by atoms with Gasteiger partial charge in [-0.15, -0.1) is 0 Å². The topological polar surface area (TPSA) is 64.4 Å². The van der Waals surface area contributed by atoms with Crippen molar-refractivity contribution in [1.82, 2.24) is 4.98 Å². The van der Waals surface area contributed by atoms with Crippen molar-refractivity contribution in [2.24, 2.45) is 0 Å². The van der Waals surface area contributed by atoms with Gasteiger partial charge in [-0.25, -0.2) is 9.37 Å². The van der Waals surface area contributed by atoms with Crippen molar-refractivity contribution in [3.8, 4) is 28.5 Å². The van der Waals surface area contributed by atoms with E-state index in [1.54, 1.807) is 18.4 Å². The van der Waals surface area contributed by atoms with Gasteiger partial charge in [0.25, 0.3) is 5.91 Å². The fraction of sp³-hybridized carbons (Fsp3) is 0.120. The highest BCUT2D eigenvalue weighted by Gasteiger charge is 2.11. The van der Waals surface area contributed by atoms with Gasteiger partial charge in [0.1, 0.15) is 23.5 Å². The summed E-state index contributed by atoms with van der Waals surface area (Å²) < 4.78 is 23.9. The number of carbonyl (C=O) groups excluding carboxylic acids is 1. The summed E-state index contributed by atoms with van der Waals surface area (Å²) in [6.07, 6.45) is 1.65. The second-order valence-corrected chi connectivity index (χ2v) is 7.22. The molecule has 6 heteroatoms. The number of halogens is 1. The molecular weight excluding hydrogens is 395 g/mol. The van der Waals surface area contributed by atoms with E-state index in [-0.39, 0.29) is 18.3 Å². The number of aromatic nitrogens is 1. The fourth-order valence-corrected chi connectivity index (χ4v) is 3.20. The Balaban J connectivity index is 1.38. The normalized spacial score (nSPS) is 10.7. The van der Waals surface area contributed by atoms with Crippen LogP contribution in [0, 0.1) is 19.7 Å². The number of anilines is 1. The summed E-state index contributed by atoms with van der Waals surface area (Å²) in [6.45, 7) is 3.93. The number of aryl methyl sites for hydroxylation is 2. The Morgan fingerprint density at radius 1 is 1.03 bits per heavy atom. The molecule has 0 aliphatic rings. The molecule has 0 saturated heterocycles. The third kappa shape index (κ3) is 4.98. The van der Waals surface area contributed by atoms with Crippen LogP contribution in [0.2, 0.25) is 0 Å². The molecule has 1 amide bonds. The molecule has 0 aliphatic carbocycles. The Bertz CT molecular complexity index is 1200. The van der Waals surface area contributed by atoms with Crippen LogP contribution >= 0.6 is 0 Å². The van der Waals surface area contributed by atoms with Crippen molar-refractivity contribution >= 4 is 11.6 Å². The van der Waals surface area contributed by atoms with Crippen LogP contribution in [-0.2, 0) is 4.79 Å². The molecule has 0 fully saturated rings. The van der Waals surface area contributed by atoms with E-state index in [1.807, 2.05) is 31.2 Å². The lowest BCUT2D eigenvalue weighted by molar-refractivity contribution is -0.118. The lowest BCUT2D eigenvalue weighted by Crippen LogP contribution is -2.20. The van der Waals surface area contributed by atoms with E-state index in [0.717, 1.165) is 22.4 Å². The summed E-state index contributed by atoms with van der Waals surface area (Å²) >= 11 is 0. The highest BCUT2D eigenvalue weighted by molar-refractivity contribution is 5.92. The number of ether oxygens (including phenoxy) is 1. The lowest BCUT2D eigenvalue weighted by atomic mass is 10.0. The molecule has 0 saturated carbocycles. The highest BCUT2D eigenvalue weighted by Crippen LogP contribution is 2.28. The molecule has 0 spiro atoms. The third-order valence-corrected chi connectivity index (χ3v) is 4.76. The maximum absolute atomic E-state index is 12.9. The molecule has 0 bridgehead atoms. The van der Waals surface area contributed by atoms with Crippen molar-refractivity contribution in [2.75, 3.05) is 11.9 Å². The zero-order valence-corrected chi connectivity index (χ0v) is 17.2. The summed E-state index contributed by atoms with van der Waals surface area (Å²) in [6, 6.07) is 18.9. The molecular formula is C25H21FN2O3. The van der Waals surface area contributed by atoms with Crippen LogP contribution < -0.4 is 10.1 Å². The quantitative estimate of drug-likeness (QED) is 0.433.